The minimum Gasteiger partial charge on any atom is -0.481 e. The monoisotopic (exact) mass is 418 g/mol. The van der Waals surface area contributed by atoms with E-state index in [9.17, 15) is 0 Å². The van der Waals surface area contributed by atoms with Crippen molar-refractivity contribution in [1.82, 2.24) is 15.2 Å². The molecule has 1 aliphatic heterocycles. The van der Waals surface area contributed by atoms with Crippen molar-refractivity contribution in [3.63, 3.8) is 0 Å². The molecule has 0 aliphatic carbocycles. The lowest BCUT2D eigenvalue weighted by Crippen LogP contribution is -2.46. The molecular formula is C16H27IN4O. The van der Waals surface area contributed by atoms with Crippen LogP contribution in [0.25, 0.3) is 0 Å². The van der Waals surface area contributed by atoms with E-state index in [1.54, 1.807) is 7.11 Å². The molecule has 1 unspecified atom stereocenters. The standard InChI is InChI=1S/C16H26N4O.HI/c1-4-17-16(20-10-6-7-13(2)12-20)18-11-14-8-5-9-15(19-14)21-3;/h5,8-9,13H,4,6-7,10-12H2,1-3H3,(H,17,18);1H. The Kier molecular flexibility index (Phi) is 8.52. The van der Waals surface area contributed by atoms with Gasteiger partial charge in [-0.15, -0.1) is 24.0 Å². The predicted molar refractivity (Wildman–Crippen MR) is 101 cm³/mol. The van der Waals surface area contributed by atoms with E-state index in [0.29, 0.717) is 12.4 Å². The van der Waals surface area contributed by atoms with Gasteiger partial charge in [0.05, 0.1) is 19.3 Å². The van der Waals surface area contributed by atoms with Gasteiger partial charge in [-0.05, 0) is 31.7 Å². The van der Waals surface area contributed by atoms with Gasteiger partial charge in [0, 0.05) is 25.7 Å². The van der Waals surface area contributed by atoms with Gasteiger partial charge < -0.3 is 15.0 Å². The Morgan fingerprint density at radius 2 is 2.32 bits per heavy atom. The van der Waals surface area contributed by atoms with Crippen LogP contribution in [0, 0.1) is 5.92 Å². The van der Waals surface area contributed by atoms with E-state index in [-0.39, 0.29) is 24.0 Å². The average Bonchev–Trinajstić information content (AvgIpc) is 2.51. The van der Waals surface area contributed by atoms with Crippen molar-refractivity contribution < 1.29 is 4.74 Å². The Labute approximate surface area is 150 Å². The summed E-state index contributed by atoms with van der Waals surface area (Å²) in [4.78, 5) is 11.5. The maximum Gasteiger partial charge on any atom is 0.213 e. The molecule has 1 saturated heterocycles. The third-order valence-corrected chi connectivity index (χ3v) is 3.67. The Morgan fingerprint density at radius 3 is 3.00 bits per heavy atom. The number of nitrogens with one attached hydrogen (secondary N) is 1. The summed E-state index contributed by atoms with van der Waals surface area (Å²) in [6.07, 6.45) is 2.55. The molecule has 0 radical (unpaired) electrons. The molecule has 1 aromatic rings. The highest BCUT2D eigenvalue weighted by Gasteiger charge is 2.19. The van der Waals surface area contributed by atoms with Crippen LogP contribution >= 0.6 is 24.0 Å². The second kappa shape index (κ2) is 9.86. The largest absolute Gasteiger partial charge is 0.481 e. The van der Waals surface area contributed by atoms with Crippen LogP contribution in [0.2, 0.25) is 0 Å². The molecule has 22 heavy (non-hydrogen) atoms. The number of pyridine rings is 1. The third-order valence-electron chi connectivity index (χ3n) is 3.67. The third kappa shape index (κ3) is 5.62. The summed E-state index contributed by atoms with van der Waals surface area (Å²) in [5.41, 5.74) is 0.926. The Hall–Kier alpha value is -1.05. The molecule has 1 fully saturated rings. The van der Waals surface area contributed by atoms with Gasteiger partial charge in [-0.1, -0.05) is 13.0 Å². The number of nitrogens with zero attached hydrogens (tertiary/aromatic N) is 3. The summed E-state index contributed by atoms with van der Waals surface area (Å²) in [5, 5.41) is 3.39. The predicted octanol–water partition coefficient (Wildman–Crippen LogP) is 2.91. The molecule has 0 bridgehead atoms. The van der Waals surface area contributed by atoms with Crippen LogP contribution in [-0.2, 0) is 6.54 Å². The van der Waals surface area contributed by atoms with Crippen molar-refractivity contribution in [2.75, 3.05) is 26.7 Å². The van der Waals surface area contributed by atoms with Crippen molar-refractivity contribution in [3.8, 4) is 5.88 Å². The molecule has 6 heteroatoms. The molecule has 2 heterocycles. The van der Waals surface area contributed by atoms with Gasteiger partial charge >= 0.3 is 0 Å². The van der Waals surface area contributed by atoms with E-state index in [4.69, 9.17) is 9.73 Å². The number of hydrogen-bond acceptors (Lipinski definition) is 3. The van der Waals surface area contributed by atoms with Gasteiger partial charge in [0.15, 0.2) is 5.96 Å². The fourth-order valence-electron chi connectivity index (χ4n) is 2.62. The first-order valence-corrected chi connectivity index (χ1v) is 7.76. The average molecular weight is 418 g/mol. The number of rotatable bonds is 4. The summed E-state index contributed by atoms with van der Waals surface area (Å²) in [6.45, 7) is 8.03. The van der Waals surface area contributed by atoms with E-state index in [1.807, 2.05) is 18.2 Å². The SMILES string of the molecule is CCNC(=NCc1cccc(OC)n1)N1CCCC(C)C1.I. The second-order valence-electron chi connectivity index (χ2n) is 5.53. The first-order valence-electron chi connectivity index (χ1n) is 7.76. The van der Waals surface area contributed by atoms with Crippen molar-refractivity contribution in [2.24, 2.45) is 10.9 Å². The summed E-state index contributed by atoms with van der Waals surface area (Å²) < 4.78 is 5.15. The highest BCUT2D eigenvalue weighted by atomic mass is 127. The zero-order valence-corrected chi connectivity index (χ0v) is 16.0. The fourth-order valence-corrected chi connectivity index (χ4v) is 2.62. The number of hydrogen-bond donors (Lipinski definition) is 1. The molecule has 1 aliphatic rings. The van der Waals surface area contributed by atoms with Gasteiger partial charge in [-0.3, -0.25) is 0 Å². The number of halogens is 1. The van der Waals surface area contributed by atoms with Crippen molar-refractivity contribution >= 4 is 29.9 Å². The zero-order chi connectivity index (χ0) is 15.1. The highest BCUT2D eigenvalue weighted by molar-refractivity contribution is 14.0. The normalized spacial score (nSPS) is 18.6. The second-order valence-corrected chi connectivity index (χ2v) is 5.53. The minimum absolute atomic E-state index is 0. The first kappa shape index (κ1) is 19.0. The quantitative estimate of drug-likeness (QED) is 0.464. The first-order chi connectivity index (χ1) is 10.2. The summed E-state index contributed by atoms with van der Waals surface area (Å²) in [7, 11) is 1.63. The molecule has 0 saturated carbocycles. The minimum atomic E-state index is 0. The maximum absolute atomic E-state index is 5.15. The maximum atomic E-state index is 5.15. The van der Waals surface area contributed by atoms with Crippen LogP contribution in [0.5, 0.6) is 5.88 Å². The molecule has 0 spiro atoms. The van der Waals surface area contributed by atoms with E-state index in [1.165, 1.54) is 12.8 Å². The molecule has 5 nitrogen and oxygen atoms in total. The molecule has 124 valence electrons. The van der Waals surface area contributed by atoms with Gasteiger partial charge in [0.25, 0.3) is 0 Å². The Morgan fingerprint density at radius 1 is 1.50 bits per heavy atom. The van der Waals surface area contributed by atoms with Crippen LogP contribution in [0.15, 0.2) is 23.2 Å². The smallest absolute Gasteiger partial charge is 0.213 e. The lowest BCUT2D eigenvalue weighted by molar-refractivity contribution is 0.266. The van der Waals surface area contributed by atoms with Crippen LogP contribution < -0.4 is 10.1 Å². The summed E-state index contributed by atoms with van der Waals surface area (Å²) >= 11 is 0. The number of likely N-dealkylation sites (tertiary alicyclic amines) is 1. The lowest BCUT2D eigenvalue weighted by Gasteiger charge is -2.33. The van der Waals surface area contributed by atoms with Crippen LogP contribution in [0.3, 0.4) is 0 Å². The van der Waals surface area contributed by atoms with E-state index >= 15 is 0 Å². The van der Waals surface area contributed by atoms with Gasteiger partial charge in [0.1, 0.15) is 0 Å². The molecule has 1 N–H and O–H groups in total. The summed E-state index contributed by atoms with van der Waals surface area (Å²) in [5.74, 6) is 2.37. The van der Waals surface area contributed by atoms with Crippen molar-refractivity contribution in [3.05, 3.63) is 23.9 Å². The van der Waals surface area contributed by atoms with Crippen LogP contribution in [0.1, 0.15) is 32.4 Å². The molecular weight excluding hydrogens is 391 g/mol. The summed E-state index contributed by atoms with van der Waals surface area (Å²) in [6, 6.07) is 5.78. The number of piperidine rings is 1. The topological polar surface area (TPSA) is 49.8 Å². The Bertz CT molecular complexity index is 481. The van der Waals surface area contributed by atoms with Crippen LogP contribution in [0.4, 0.5) is 0 Å². The Balaban J connectivity index is 0.00000242. The lowest BCUT2D eigenvalue weighted by atomic mass is 10.0. The number of ether oxygens (including phenoxy) is 1. The van der Waals surface area contributed by atoms with E-state index in [2.05, 4.69) is 29.0 Å². The molecule has 2 rings (SSSR count). The van der Waals surface area contributed by atoms with E-state index in [0.717, 1.165) is 37.2 Å². The fraction of sp³-hybridized carbons (Fsp3) is 0.625. The molecule has 0 amide bonds. The number of aromatic nitrogens is 1. The number of methoxy groups -OCH3 is 1. The highest BCUT2D eigenvalue weighted by Crippen LogP contribution is 2.15. The van der Waals surface area contributed by atoms with Crippen LogP contribution in [-0.4, -0.2) is 42.6 Å². The molecule has 0 aromatic carbocycles. The molecule has 1 atom stereocenters. The van der Waals surface area contributed by atoms with Gasteiger partial charge in [-0.25, -0.2) is 9.98 Å². The van der Waals surface area contributed by atoms with Gasteiger partial charge in [-0.2, -0.15) is 0 Å². The van der Waals surface area contributed by atoms with E-state index < -0.39 is 0 Å². The number of guanidine groups is 1. The molecule has 1 aromatic heterocycles. The van der Waals surface area contributed by atoms with Gasteiger partial charge in [0.2, 0.25) is 5.88 Å². The van der Waals surface area contributed by atoms with Crippen molar-refractivity contribution in [2.45, 2.75) is 33.2 Å². The van der Waals surface area contributed by atoms with Crippen molar-refractivity contribution in [1.29, 1.82) is 0 Å². The zero-order valence-electron chi connectivity index (χ0n) is 13.7. The number of aliphatic imine (C=N–C) groups is 1.